The summed E-state index contributed by atoms with van der Waals surface area (Å²) in [6.07, 6.45) is 9.80. The number of amides is 1. The molecule has 1 amide bonds. The van der Waals surface area contributed by atoms with Gasteiger partial charge in [-0.3, -0.25) is 4.79 Å². The van der Waals surface area contributed by atoms with Gasteiger partial charge in [0.05, 0.1) is 6.20 Å². The summed E-state index contributed by atoms with van der Waals surface area (Å²) in [4.78, 5) is 28.0. The van der Waals surface area contributed by atoms with Crippen molar-refractivity contribution in [2.75, 3.05) is 5.32 Å². The summed E-state index contributed by atoms with van der Waals surface area (Å²) in [6.45, 7) is 1.98. The van der Waals surface area contributed by atoms with Crippen LogP contribution in [0.1, 0.15) is 45.4 Å². The molecule has 1 aliphatic rings. The Kier molecular flexibility index (Phi) is 5.69. The Morgan fingerprint density at radius 1 is 1.28 bits per heavy atom. The van der Waals surface area contributed by atoms with Crippen LogP contribution in [0.2, 0.25) is 0 Å². The zero-order chi connectivity index (χ0) is 20.2. The lowest BCUT2D eigenvalue weighted by atomic mass is 9.90. The lowest BCUT2D eigenvalue weighted by Crippen LogP contribution is -2.48. The molecule has 2 atom stereocenters. The minimum Gasteiger partial charge on any atom is -0.363 e. The van der Waals surface area contributed by atoms with E-state index in [9.17, 15) is 9.18 Å². The molecule has 0 unspecified atom stereocenters. The van der Waals surface area contributed by atoms with Crippen LogP contribution in [0.5, 0.6) is 0 Å². The number of anilines is 1. The molecule has 7 nitrogen and oxygen atoms in total. The number of aromatic amines is 1. The first-order chi connectivity index (χ1) is 14.2. The van der Waals surface area contributed by atoms with Crippen LogP contribution in [0.4, 0.5) is 10.2 Å². The third-order valence-electron chi connectivity index (χ3n) is 5.35. The van der Waals surface area contributed by atoms with E-state index in [1.807, 2.05) is 19.1 Å². The second-order valence-corrected chi connectivity index (χ2v) is 7.45. The van der Waals surface area contributed by atoms with Crippen LogP contribution in [-0.4, -0.2) is 37.9 Å². The molecular weight excluding hydrogens is 371 g/mol. The van der Waals surface area contributed by atoms with Crippen LogP contribution < -0.4 is 10.6 Å². The van der Waals surface area contributed by atoms with E-state index in [0.29, 0.717) is 12.2 Å². The van der Waals surface area contributed by atoms with Crippen molar-refractivity contribution in [1.29, 1.82) is 0 Å². The molecule has 0 aromatic carbocycles. The van der Waals surface area contributed by atoms with Gasteiger partial charge in [0.1, 0.15) is 5.65 Å². The second-order valence-electron chi connectivity index (χ2n) is 7.45. The smallest absolute Gasteiger partial charge is 0.220 e. The van der Waals surface area contributed by atoms with Gasteiger partial charge in [-0.15, -0.1) is 0 Å². The molecule has 8 heteroatoms. The van der Waals surface area contributed by atoms with Crippen LogP contribution in [0.3, 0.4) is 0 Å². The minimum atomic E-state index is -0.504. The third kappa shape index (κ3) is 4.21. The molecule has 3 aromatic rings. The molecule has 1 fully saturated rings. The Balaban J connectivity index is 1.58. The summed E-state index contributed by atoms with van der Waals surface area (Å²) in [7, 11) is 0. The number of rotatable bonds is 6. The van der Waals surface area contributed by atoms with Crippen molar-refractivity contribution in [1.82, 2.24) is 25.3 Å². The first-order valence-corrected chi connectivity index (χ1v) is 10.2. The average molecular weight is 396 g/mol. The SMILES string of the molecule is CCCC(=O)N[C@@H]1CCCC[C@H]1Nc1nc(-c2c[nH]c3ncccc23)ncc1F. The Hall–Kier alpha value is -3.03. The molecule has 3 heterocycles. The van der Waals surface area contributed by atoms with E-state index in [2.05, 4.69) is 30.6 Å². The number of H-pyrrole nitrogens is 1. The van der Waals surface area contributed by atoms with Crippen molar-refractivity contribution in [2.45, 2.75) is 57.5 Å². The fraction of sp³-hybridized carbons (Fsp3) is 0.429. The molecule has 0 spiro atoms. The number of fused-ring (bicyclic) bond motifs is 1. The maximum Gasteiger partial charge on any atom is 0.220 e. The van der Waals surface area contributed by atoms with Crippen molar-refractivity contribution in [3.8, 4) is 11.4 Å². The molecule has 1 aliphatic carbocycles. The Labute approximate surface area is 168 Å². The van der Waals surface area contributed by atoms with Gasteiger partial charge in [-0.1, -0.05) is 19.8 Å². The number of nitrogens with one attached hydrogen (secondary N) is 3. The lowest BCUT2D eigenvalue weighted by molar-refractivity contribution is -0.122. The van der Waals surface area contributed by atoms with Crippen molar-refractivity contribution >= 4 is 22.8 Å². The fourth-order valence-corrected chi connectivity index (χ4v) is 3.90. The molecule has 29 heavy (non-hydrogen) atoms. The summed E-state index contributed by atoms with van der Waals surface area (Å²) >= 11 is 0. The second kappa shape index (κ2) is 8.55. The number of pyridine rings is 1. The maximum atomic E-state index is 14.5. The predicted octanol–water partition coefficient (Wildman–Crippen LogP) is 3.80. The van der Waals surface area contributed by atoms with Gasteiger partial charge in [0.15, 0.2) is 17.5 Å². The number of halogens is 1. The minimum absolute atomic E-state index is 0.0297. The highest BCUT2D eigenvalue weighted by Gasteiger charge is 2.27. The molecule has 0 radical (unpaired) electrons. The van der Waals surface area contributed by atoms with Gasteiger partial charge in [0, 0.05) is 41.8 Å². The Morgan fingerprint density at radius 3 is 2.93 bits per heavy atom. The van der Waals surface area contributed by atoms with Crippen molar-refractivity contribution in [3.63, 3.8) is 0 Å². The average Bonchev–Trinajstić information content (AvgIpc) is 3.15. The number of hydrogen-bond acceptors (Lipinski definition) is 5. The van der Waals surface area contributed by atoms with Gasteiger partial charge in [0.2, 0.25) is 5.91 Å². The number of aromatic nitrogens is 4. The lowest BCUT2D eigenvalue weighted by Gasteiger charge is -2.33. The molecule has 4 rings (SSSR count). The van der Waals surface area contributed by atoms with Gasteiger partial charge in [0.25, 0.3) is 0 Å². The van der Waals surface area contributed by atoms with Gasteiger partial charge in [-0.05, 0) is 31.4 Å². The largest absolute Gasteiger partial charge is 0.363 e. The number of hydrogen-bond donors (Lipinski definition) is 3. The molecule has 0 bridgehead atoms. The molecule has 3 aromatic heterocycles. The topological polar surface area (TPSA) is 95.6 Å². The zero-order valence-corrected chi connectivity index (χ0v) is 16.4. The van der Waals surface area contributed by atoms with Gasteiger partial charge >= 0.3 is 0 Å². The summed E-state index contributed by atoms with van der Waals surface area (Å²) in [5.74, 6) is 0.127. The van der Waals surface area contributed by atoms with E-state index < -0.39 is 5.82 Å². The summed E-state index contributed by atoms with van der Waals surface area (Å²) < 4.78 is 14.5. The number of nitrogens with zero attached hydrogens (tertiary/aromatic N) is 3. The summed E-state index contributed by atoms with van der Waals surface area (Å²) in [5.41, 5.74) is 1.50. The normalized spacial score (nSPS) is 19.2. The first kappa shape index (κ1) is 19.3. The van der Waals surface area contributed by atoms with E-state index in [1.54, 1.807) is 12.4 Å². The van der Waals surface area contributed by atoms with Crippen molar-refractivity contribution in [3.05, 3.63) is 36.5 Å². The molecule has 152 valence electrons. The van der Waals surface area contributed by atoms with E-state index >= 15 is 0 Å². The Morgan fingerprint density at radius 2 is 2.10 bits per heavy atom. The summed E-state index contributed by atoms with van der Waals surface area (Å²) in [5, 5.41) is 7.21. The molecule has 0 aliphatic heterocycles. The number of carbonyl (C=O) groups excluding carboxylic acids is 1. The van der Waals surface area contributed by atoms with E-state index in [4.69, 9.17) is 0 Å². The highest BCUT2D eigenvalue weighted by atomic mass is 19.1. The van der Waals surface area contributed by atoms with E-state index in [1.165, 1.54) is 6.20 Å². The summed E-state index contributed by atoms with van der Waals surface area (Å²) in [6, 6.07) is 3.67. The molecule has 1 saturated carbocycles. The fourth-order valence-electron chi connectivity index (χ4n) is 3.90. The van der Waals surface area contributed by atoms with Gasteiger partial charge in [-0.25, -0.2) is 19.3 Å². The Bertz CT molecular complexity index is 1000. The van der Waals surface area contributed by atoms with Crippen molar-refractivity contribution in [2.24, 2.45) is 0 Å². The highest BCUT2D eigenvalue weighted by Crippen LogP contribution is 2.28. The predicted molar refractivity (Wildman–Crippen MR) is 110 cm³/mol. The van der Waals surface area contributed by atoms with Crippen LogP contribution >= 0.6 is 0 Å². The molecule has 0 saturated heterocycles. The van der Waals surface area contributed by atoms with Crippen LogP contribution in [0.15, 0.2) is 30.7 Å². The monoisotopic (exact) mass is 396 g/mol. The standard InChI is InChI=1S/C21H25FN6O/c1-2-6-18(29)26-16-8-3-4-9-17(16)27-21-15(22)12-25-20(28-21)14-11-24-19-13(14)7-5-10-23-19/h5,7,10-12,16-17H,2-4,6,8-9H2,1H3,(H,23,24)(H,26,29)(H,25,27,28)/t16-,17-/m1/s1. The first-order valence-electron chi connectivity index (χ1n) is 10.2. The van der Waals surface area contributed by atoms with Crippen LogP contribution in [-0.2, 0) is 4.79 Å². The van der Waals surface area contributed by atoms with E-state index in [-0.39, 0.29) is 23.8 Å². The van der Waals surface area contributed by atoms with Crippen LogP contribution in [0, 0.1) is 5.82 Å². The highest BCUT2D eigenvalue weighted by molar-refractivity contribution is 5.91. The quantitative estimate of drug-likeness (QED) is 0.589. The van der Waals surface area contributed by atoms with Gasteiger partial charge in [-0.2, -0.15) is 0 Å². The van der Waals surface area contributed by atoms with Crippen molar-refractivity contribution < 1.29 is 9.18 Å². The molecule has 3 N–H and O–H groups in total. The van der Waals surface area contributed by atoms with Crippen LogP contribution in [0.25, 0.3) is 22.4 Å². The van der Waals surface area contributed by atoms with E-state index in [0.717, 1.165) is 48.7 Å². The maximum absolute atomic E-state index is 14.5. The number of carbonyl (C=O) groups is 1. The molecular formula is C21H25FN6O. The van der Waals surface area contributed by atoms with Gasteiger partial charge < -0.3 is 15.6 Å². The zero-order valence-electron chi connectivity index (χ0n) is 16.4. The third-order valence-corrected chi connectivity index (χ3v) is 5.35.